The molecular weight excluding hydrogens is 356 g/mol. The summed E-state index contributed by atoms with van der Waals surface area (Å²) in [6.07, 6.45) is 6.37. The van der Waals surface area contributed by atoms with Crippen molar-refractivity contribution in [3.05, 3.63) is 63.4 Å². The molecule has 0 aliphatic carbocycles. The zero-order valence-electron chi connectivity index (χ0n) is 16.2. The summed E-state index contributed by atoms with van der Waals surface area (Å²) >= 11 is 0. The minimum absolute atomic E-state index is 0.00138. The van der Waals surface area contributed by atoms with Crippen LogP contribution in [0.15, 0.2) is 56.8 Å². The lowest BCUT2D eigenvalue weighted by Gasteiger charge is -2.10. The molecule has 0 atom stereocenters. The first kappa shape index (κ1) is 19.5. The molecule has 0 bridgehead atoms. The van der Waals surface area contributed by atoms with Gasteiger partial charge in [0.05, 0.1) is 5.39 Å². The normalized spacial score (nSPS) is 11.9. The molecule has 0 amide bonds. The molecule has 1 heterocycles. The lowest BCUT2D eigenvalue weighted by molar-refractivity contribution is 0.448. The highest BCUT2D eigenvalue weighted by Crippen LogP contribution is 2.35. The van der Waals surface area contributed by atoms with Crippen LogP contribution in [0, 0.1) is 0 Å². The first-order chi connectivity index (χ1) is 13.3. The average molecular weight is 380 g/mol. The van der Waals surface area contributed by atoms with Crippen LogP contribution >= 0.6 is 0 Å². The van der Waals surface area contributed by atoms with Crippen LogP contribution in [0.25, 0.3) is 21.9 Å². The second-order valence-corrected chi connectivity index (χ2v) is 7.28. The third-order valence-corrected chi connectivity index (χ3v) is 4.73. The third kappa shape index (κ3) is 3.88. The fourth-order valence-corrected chi connectivity index (χ4v) is 3.20. The number of phenolic OH excluding ortho intramolecular Hbond substituents is 3. The molecule has 2 aromatic carbocycles. The van der Waals surface area contributed by atoms with E-state index in [0.29, 0.717) is 12.0 Å². The Bertz CT molecular complexity index is 1160. The molecule has 0 saturated carbocycles. The minimum Gasteiger partial charge on any atom is -0.508 e. The van der Waals surface area contributed by atoms with E-state index >= 15 is 0 Å². The van der Waals surface area contributed by atoms with E-state index in [-0.39, 0.29) is 39.2 Å². The van der Waals surface area contributed by atoms with Gasteiger partial charge in [-0.3, -0.25) is 4.79 Å². The predicted molar refractivity (Wildman–Crippen MR) is 111 cm³/mol. The third-order valence-electron chi connectivity index (χ3n) is 4.73. The molecule has 0 aliphatic rings. The summed E-state index contributed by atoms with van der Waals surface area (Å²) in [6.45, 7) is 6.14. The maximum Gasteiger partial charge on any atom is 0.204 e. The molecule has 146 valence electrons. The van der Waals surface area contributed by atoms with Crippen molar-refractivity contribution in [3.8, 4) is 17.2 Å². The van der Waals surface area contributed by atoms with Crippen molar-refractivity contribution in [1.29, 1.82) is 0 Å². The molecular formula is C23H24O5. The van der Waals surface area contributed by atoms with Gasteiger partial charge in [0.1, 0.15) is 33.8 Å². The fraction of sp³-hybridized carbons (Fsp3) is 0.261. The highest BCUT2D eigenvalue weighted by atomic mass is 16.3. The van der Waals surface area contributed by atoms with Crippen LogP contribution in [0.5, 0.6) is 17.2 Å². The molecule has 0 fully saturated rings. The van der Waals surface area contributed by atoms with Gasteiger partial charge in [-0.25, -0.2) is 0 Å². The Labute approximate surface area is 162 Å². The minimum atomic E-state index is -0.449. The molecule has 0 unspecified atom stereocenters. The van der Waals surface area contributed by atoms with Crippen molar-refractivity contribution in [2.75, 3.05) is 0 Å². The number of rotatable bonds is 5. The van der Waals surface area contributed by atoms with Crippen LogP contribution < -0.4 is 5.43 Å². The zero-order chi connectivity index (χ0) is 20.4. The summed E-state index contributed by atoms with van der Waals surface area (Å²) in [5.41, 5.74) is 2.87. The molecule has 0 radical (unpaired) electrons. The van der Waals surface area contributed by atoms with E-state index < -0.39 is 5.43 Å². The van der Waals surface area contributed by atoms with Gasteiger partial charge in [-0.15, -0.1) is 0 Å². The Hall–Kier alpha value is -3.21. The van der Waals surface area contributed by atoms with Crippen molar-refractivity contribution >= 4 is 21.9 Å². The molecule has 0 saturated heterocycles. The molecule has 3 rings (SSSR count). The first-order valence-electron chi connectivity index (χ1n) is 9.20. The zero-order valence-corrected chi connectivity index (χ0v) is 16.2. The van der Waals surface area contributed by atoms with Gasteiger partial charge in [-0.2, -0.15) is 0 Å². The Kier molecular flexibility index (Phi) is 5.45. The van der Waals surface area contributed by atoms with Gasteiger partial charge in [-0.05, 0) is 58.2 Å². The highest BCUT2D eigenvalue weighted by molar-refractivity contribution is 5.96. The van der Waals surface area contributed by atoms with Gasteiger partial charge in [0.25, 0.3) is 0 Å². The predicted octanol–water partition coefficient (Wildman–Crippen LogP) is 5.30. The molecule has 3 N–H and O–H groups in total. The van der Waals surface area contributed by atoms with Crippen LogP contribution in [0.1, 0.15) is 39.2 Å². The lowest BCUT2D eigenvalue weighted by Crippen LogP contribution is -2.04. The van der Waals surface area contributed by atoms with Gasteiger partial charge < -0.3 is 19.7 Å². The van der Waals surface area contributed by atoms with Crippen LogP contribution in [-0.2, 0) is 6.42 Å². The number of hydrogen-bond acceptors (Lipinski definition) is 5. The fourth-order valence-electron chi connectivity index (χ4n) is 3.20. The quantitative estimate of drug-likeness (QED) is 0.413. The Balaban J connectivity index is 2.10. The molecule has 0 spiro atoms. The largest absolute Gasteiger partial charge is 0.508 e. The summed E-state index contributed by atoms with van der Waals surface area (Å²) in [5, 5.41) is 30.4. The van der Waals surface area contributed by atoms with E-state index in [9.17, 15) is 20.1 Å². The van der Waals surface area contributed by atoms with Crippen LogP contribution in [0.3, 0.4) is 0 Å². The summed E-state index contributed by atoms with van der Waals surface area (Å²) < 4.78 is 5.85. The number of aromatic hydroxyl groups is 3. The molecule has 5 nitrogen and oxygen atoms in total. The molecule has 28 heavy (non-hydrogen) atoms. The van der Waals surface area contributed by atoms with E-state index in [0.717, 1.165) is 24.5 Å². The van der Waals surface area contributed by atoms with Crippen molar-refractivity contribution in [3.63, 3.8) is 0 Å². The second kappa shape index (κ2) is 7.80. The highest BCUT2D eigenvalue weighted by Gasteiger charge is 2.18. The summed E-state index contributed by atoms with van der Waals surface area (Å²) in [7, 11) is 0. The SMILES string of the molecule is CC(C)=CCCC(C)=CCc1c(O)cc(O)c2c(=O)c3cc(O)ccc3oc12. The van der Waals surface area contributed by atoms with Crippen LogP contribution in [0.2, 0.25) is 0 Å². The van der Waals surface area contributed by atoms with Gasteiger partial charge in [0.15, 0.2) is 0 Å². The number of hydrogen-bond donors (Lipinski definition) is 3. The topological polar surface area (TPSA) is 90.9 Å². The van der Waals surface area contributed by atoms with Gasteiger partial charge in [0.2, 0.25) is 5.43 Å². The smallest absolute Gasteiger partial charge is 0.204 e. The van der Waals surface area contributed by atoms with Crippen LogP contribution in [0.4, 0.5) is 0 Å². The van der Waals surface area contributed by atoms with Crippen molar-refractivity contribution < 1.29 is 19.7 Å². The number of allylic oxidation sites excluding steroid dienone is 4. The second-order valence-electron chi connectivity index (χ2n) is 7.28. The molecule has 1 aromatic heterocycles. The van der Waals surface area contributed by atoms with E-state index in [1.807, 2.05) is 13.0 Å². The number of fused-ring (bicyclic) bond motifs is 2. The average Bonchev–Trinajstić information content (AvgIpc) is 2.61. The van der Waals surface area contributed by atoms with Gasteiger partial charge >= 0.3 is 0 Å². The Morgan fingerprint density at radius 1 is 1.04 bits per heavy atom. The van der Waals surface area contributed by atoms with Gasteiger partial charge in [-0.1, -0.05) is 23.3 Å². The first-order valence-corrected chi connectivity index (χ1v) is 9.20. The van der Waals surface area contributed by atoms with E-state index in [1.54, 1.807) is 0 Å². The van der Waals surface area contributed by atoms with E-state index in [1.165, 1.54) is 23.8 Å². The molecule has 5 heteroatoms. The van der Waals surface area contributed by atoms with Crippen molar-refractivity contribution in [2.24, 2.45) is 0 Å². The number of phenols is 3. The van der Waals surface area contributed by atoms with E-state index in [2.05, 4.69) is 19.9 Å². The number of benzene rings is 2. The summed E-state index contributed by atoms with van der Waals surface area (Å²) in [6, 6.07) is 5.39. The van der Waals surface area contributed by atoms with E-state index in [4.69, 9.17) is 4.42 Å². The lowest BCUT2D eigenvalue weighted by atomic mass is 10.0. The van der Waals surface area contributed by atoms with Gasteiger partial charge in [0, 0.05) is 11.6 Å². The van der Waals surface area contributed by atoms with Crippen LogP contribution in [-0.4, -0.2) is 15.3 Å². The summed E-state index contributed by atoms with van der Waals surface area (Å²) in [4.78, 5) is 12.8. The summed E-state index contributed by atoms with van der Waals surface area (Å²) in [5.74, 6) is -0.535. The van der Waals surface area contributed by atoms with Crippen molar-refractivity contribution in [2.45, 2.75) is 40.0 Å². The molecule has 3 aromatic rings. The maximum absolute atomic E-state index is 12.8. The Morgan fingerprint density at radius 3 is 2.50 bits per heavy atom. The monoisotopic (exact) mass is 380 g/mol. The van der Waals surface area contributed by atoms with Crippen molar-refractivity contribution in [1.82, 2.24) is 0 Å². The Morgan fingerprint density at radius 2 is 1.79 bits per heavy atom. The molecule has 0 aliphatic heterocycles. The standard InChI is InChI=1S/C23H24O5/c1-13(2)5-4-6-14(3)7-9-16-18(25)12-19(26)21-22(27)17-11-15(24)8-10-20(17)28-23(16)21/h5,7-8,10-12,24-26H,4,6,9H2,1-3H3. The maximum atomic E-state index is 12.8.